The molecule has 3 rings (SSSR count). The number of hydrogen-bond acceptors (Lipinski definition) is 5. The fraction of sp³-hybridized carbons (Fsp3) is 0.167. The van der Waals surface area contributed by atoms with E-state index in [-0.39, 0.29) is 10.8 Å². The summed E-state index contributed by atoms with van der Waals surface area (Å²) in [7, 11) is -0.962. The number of ether oxygens (including phenoxy) is 1. The summed E-state index contributed by atoms with van der Waals surface area (Å²) in [5.74, 6) is -0.869. The number of carbonyl (C=O) groups is 2. The SMILES string of the molecule is COC(=O)c1cccc(NC(=O)c2ccc(N(C)S(=O)(=O)c3ccc(C)cc3)cc2)c1C. The number of carbonyl (C=O) groups excluding carboxylic acids is 2. The lowest BCUT2D eigenvalue weighted by Gasteiger charge is -2.20. The van der Waals surface area contributed by atoms with Crippen LogP contribution in [0, 0.1) is 13.8 Å². The van der Waals surface area contributed by atoms with E-state index in [0.29, 0.717) is 28.1 Å². The van der Waals surface area contributed by atoms with Crippen molar-refractivity contribution in [3.05, 3.63) is 89.0 Å². The van der Waals surface area contributed by atoms with Crippen molar-refractivity contribution in [2.45, 2.75) is 18.7 Å². The van der Waals surface area contributed by atoms with Crippen LogP contribution < -0.4 is 9.62 Å². The van der Waals surface area contributed by atoms with Crippen molar-refractivity contribution in [1.82, 2.24) is 0 Å². The van der Waals surface area contributed by atoms with Gasteiger partial charge in [0.05, 0.1) is 23.3 Å². The summed E-state index contributed by atoms with van der Waals surface area (Å²) in [6.07, 6.45) is 0. The highest BCUT2D eigenvalue weighted by molar-refractivity contribution is 7.92. The normalized spacial score (nSPS) is 11.0. The molecule has 0 fully saturated rings. The average Bonchev–Trinajstić information content (AvgIpc) is 2.79. The summed E-state index contributed by atoms with van der Waals surface area (Å²) in [4.78, 5) is 24.7. The van der Waals surface area contributed by atoms with Crippen LogP contribution in [0.5, 0.6) is 0 Å². The second kappa shape index (κ2) is 9.23. The summed E-state index contributed by atoms with van der Waals surface area (Å²) in [5.41, 5.74) is 3.18. The first kappa shape index (κ1) is 23.0. The van der Waals surface area contributed by atoms with Gasteiger partial charge in [-0.25, -0.2) is 13.2 Å². The third-order valence-corrected chi connectivity index (χ3v) is 6.96. The predicted octanol–water partition coefficient (Wildman–Crippen LogP) is 4.17. The summed E-state index contributed by atoms with van der Waals surface area (Å²) in [5, 5.41) is 2.78. The van der Waals surface area contributed by atoms with E-state index < -0.39 is 16.0 Å². The van der Waals surface area contributed by atoms with Gasteiger partial charge in [-0.1, -0.05) is 23.8 Å². The van der Waals surface area contributed by atoms with Crippen LogP contribution in [0.1, 0.15) is 31.8 Å². The number of methoxy groups -OCH3 is 1. The molecule has 32 heavy (non-hydrogen) atoms. The van der Waals surface area contributed by atoms with E-state index in [2.05, 4.69) is 5.32 Å². The van der Waals surface area contributed by atoms with E-state index in [4.69, 9.17) is 4.74 Å². The van der Waals surface area contributed by atoms with Crippen LogP contribution in [-0.4, -0.2) is 34.5 Å². The number of hydrogen-bond donors (Lipinski definition) is 1. The standard InChI is InChI=1S/C24H24N2O5S/c1-16-8-14-20(15-9-16)32(29,30)26(3)19-12-10-18(11-13-19)23(27)25-22-7-5-6-21(17(22)2)24(28)31-4/h5-15H,1-4H3,(H,25,27). The first-order valence-electron chi connectivity index (χ1n) is 9.80. The third-order valence-electron chi connectivity index (χ3n) is 5.16. The lowest BCUT2D eigenvalue weighted by Crippen LogP contribution is -2.26. The topological polar surface area (TPSA) is 92.8 Å². The first-order chi connectivity index (χ1) is 15.1. The smallest absolute Gasteiger partial charge is 0.338 e. The van der Waals surface area contributed by atoms with Crippen molar-refractivity contribution in [3.63, 3.8) is 0 Å². The monoisotopic (exact) mass is 452 g/mol. The molecular weight excluding hydrogens is 428 g/mol. The molecule has 0 saturated carbocycles. The van der Waals surface area contributed by atoms with E-state index in [1.54, 1.807) is 73.7 Å². The number of anilines is 2. The minimum absolute atomic E-state index is 0.188. The van der Waals surface area contributed by atoms with Crippen molar-refractivity contribution in [2.24, 2.45) is 0 Å². The Morgan fingerprint density at radius 3 is 2.12 bits per heavy atom. The number of esters is 1. The molecule has 3 aromatic rings. The Hall–Kier alpha value is -3.65. The lowest BCUT2D eigenvalue weighted by atomic mass is 10.1. The van der Waals surface area contributed by atoms with Gasteiger partial charge in [-0.05, 0) is 67.9 Å². The zero-order valence-electron chi connectivity index (χ0n) is 18.2. The summed E-state index contributed by atoms with van der Waals surface area (Å²) >= 11 is 0. The molecule has 0 aromatic heterocycles. The van der Waals surface area contributed by atoms with Gasteiger partial charge < -0.3 is 10.1 Å². The van der Waals surface area contributed by atoms with Crippen molar-refractivity contribution >= 4 is 33.3 Å². The molecule has 0 aliphatic carbocycles. The van der Waals surface area contributed by atoms with E-state index >= 15 is 0 Å². The van der Waals surface area contributed by atoms with Crippen molar-refractivity contribution in [1.29, 1.82) is 0 Å². The van der Waals surface area contributed by atoms with Crippen LogP contribution >= 0.6 is 0 Å². The lowest BCUT2D eigenvalue weighted by molar-refractivity contribution is 0.0599. The number of nitrogens with zero attached hydrogens (tertiary/aromatic N) is 1. The molecule has 0 unspecified atom stereocenters. The second-order valence-corrected chi connectivity index (χ2v) is 9.23. The molecule has 0 aliphatic heterocycles. The average molecular weight is 453 g/mol. The van der Waals surface area contributed by atoms with Crippen LogP contribution in [0.2, 0.25) is 0 Å². The van der Waals surface area contributed by atoms with E-state index in [1.807, 2.05) is 6.92 Å². The number of benzene rings is 3. The Bertz CT molecular complexity index is 1250. The number of rotatable bonds is 6. The van der Waals surface area contributed by atoms with Gasteiger partial charge in [-0.3, -0.25) is 9.10 Å². The van der Waals surface area contributed by atoms with Crippen LogP contribution in [0.3, 0.4) is 0 Å². The molecule has 0 atom stereocenters. The maximum Gasteiger partial charge on any atom is 0.338 e. The van der Waals surface area contributed by atoms with E-state index in [1.165, 1.54) is 18.5 Å². The molecule has 0 aliphatic rings. The van der Waals surface area contributed by atoms with Gasteiger partial charge in [0.1, 0.15) is 0 Å². The summed E-state index contributed by atoms with van der Waals surface area (Å²) in [6.45, 7) is 3.60. The highest BCUT2D eigenvalue weighted by Crippen LogP contribution is 2.24. The molecule has 7 nitrogen and oxygen atoms in total. The maximum atomic E-state index is 12.9. The molecule has 0 bridgehead atoms. The Morgan fingerprint density at radius 1 is 0.906 bits per heavy atom. The third kappa shape index (κ3) is 4.65. The van der Waals surface area contributed by atoms with Gasteiger partial charge in [0.2, 0.25) is 0 Å². The van der Waals surface area contributed by atoms with E-state index in [9.17, 15) is 18.0 Å². The van der Waals surface area contributed by atoms with Crippen LogP contribution in [0.25, 0.3) is 0 Å². The second-order valence-electron chi connectivity index (χ2n) is 7.26. The Morgan fingerprint density at radius 2 is 1.53 bits per heavy atom. The number of aryl methyl sites for hydroxylation is 1. The molecule has 0 saturated heterocycles. The minimum atomic E-state index is -3.72. The van der Waals surface area contributed by atoms with E-state index in [0.717, 1.165) is 5.56 Å². The highest BCUT2D eigenvalue weighted by Gasteiger charge is 2.21. The molecule has 0 heterocycles. The van der Waals surface area contributed by atoms with Gasteiger partial charge >= 0.3 is 5.97 Å². The van der Waals surface area contributed by atoms with Gasteiger partial charge in [-0.2, -0.15) is 0 Å². The fourth-order valence-electron chi connectivity index (χ4n) is 3.13. The van der Waals surface area contributed by atoms with Crippen LogP contribution in [0.4, 0.5) is 11.4 Å². The minimum Gasteiger partial charge on any atom is -0.465 e. The summed E-state index contributed by atoms with van der Waals surface area (Å²) in [6, 6.07) is 17.8. The molecule has 166 valence electrons. The zero-order chi connectivity index (χ0) is 23.5. The number of sulfonamides is 1. The van der Waals surface area contributed by atoms with Crippen molar-refractivity contribution in [3.8, 4) is 0 Å². The molecular formula is C24H24N2O5S. The number of amides is 1. The summed E-state index contributed by atoms with van der Waals surface area (Å²) < 4.78 is 31.7. The quantitative estimate of drug-likeness (QED) is 0.567. The fourth-order valence-corrected chi connectivity index (χ4v) is 4.32. The molecule has 1 N–H and O–H groups in total. The predicted molar refractivity (Wildman–Crippen MR) is 124 cm³/mol. The highest BCUT2D eigenvalue weighted by atomic mass is 32.2. The van der Waals surface area contributed by atoms with Crippen LogP contribution in [-0.2, 0) is 14.8 Å². The molecule has 1 amide bonds. The van der Waals surface area contributed by atoms with Gasteiger partial charge in [0.25, 0.3) is 15.9 Å². The largest absolute Gasteiger partial charge is 0.465 e. The first-order valence-corrected chi connectivity index (χ1v) is 11.2. The maximum absolute atomic E-state index is 12.9. The van der Waals surface area contributed by atoms with Crippen molar-refractivity contribution in [2.75, 3.05) is 23.8 Å². The van der Waals surface area contributed by atoms with Gasteiger partial charge in [0.15, 0.2) is 0 Å². The molecule has 8 heteroatoms. The molecule has 0 radical (unpaired) electrons. The van der Waals surface area contributed by atoms with Gasteiger partial charge in [0, 0.05) is 18.3 Å². The molecule has 0 spiro atoms. The van der Waals surface area contributed by atoms with Crippen LogP contribution in [0.15, 0.2) is 71.6 Å². The van der Waals surface area contributed by atoms with Gasteiger partial charge in [-0.15, -0.1) is 0 Å². The zero-order valence-corrected chi connectivity index (χ0v) is 19.1. The number of nitrogens with one attached hydrogen (secondary N) is 1. The Balaban J connectivity index is 1.79. The Labute approximate surface area is 187 Å². The molecule has 3 aromatic carbocycles. The van der Waals surface area contributed by atoms with Crippen molar-refractivity contribution < 1.29 is 22.7 Å². The Kier molecular flexibility index (Phi) is 6.64.